The van der Waals surface area contributed by atoms with Crippen molar-refractivity contribution in [1.29, 1.82) is 0 Å². The first-order valence-corrected chi connectivity index (χ1v) is 11.2. The molecular formula is C20H16BrF4N3O4S. The standard InChI is InChI=1S/C20H16BrF4N3O4S/c21-9-1-2-10(22)15(5-9)33-20-19(31)17(18(30)14(7-29)32-20)28-6-13(26-27-28)8-3-11(23)16(25)12(24)4-8/h1-6,14,17-20,29-31H,7H2/t14-,17+,18+,19-,20-/m1/s1. The van der Waals surface area contributed by atoms with Crippen LogP contribution in [0.1, 0.15) is 6.04 Å². The lowest BCUT2D eigenvalue weighted by Gasteiger charge is -2.41. The summed E-state index contributed by atoms with van der Waals surface area (Å²) in [5.74, 6) is -5.03. The molecule has 0 saturated carbocycles. The predicted molar refractivity (Wildman–Crippen MR) is 112 cm³/mol. The molecule has 2 aromatic carbocycles. The molecule has 0 spiro atoms. The van der Waals surface area contributed by atoms with Gasteiger partial charge in [-0.15, -0.1) is 5.10 Å². The number of aliphatic hydroxyl groups excluding tert-OH is 3. The van der Waals surface area contributed by atoms with E-state index in [9.17, 15) is 32.9 Å². The van der Waals surface area contributed by atoms with Gasteiger partial charge in [0.05, 0.1) is 12.8 Å². The molecule has 0 unspecified atom stereocenters. The van der Waals surface area contributed by atoms with E-state index in [4.69, 9.17) is 4.74 Å². The van der Waals surface area contributed by atoms with Gasteiger partial charge >= 0.3 is 0 Å². The summed E-state index contributed by atoms with van der Waals surface area (Å²) in [4.78, 5) is 0.150. The Bertz CT molecular complexity index is 1150. The summed E-state index contributed by atoms with van der Waals surface area (Å²) in [7, 11) is 0. The molecule has 1 aromatic heterocycles. The first kappa shape index (κ1) is 24.1. The number of hydrogen-bond donors (Lipinski definition) is 3. The highest BCUT2D eigenvalue weighted by atomic mass is 79.9. The zero-order valence-corrected chi connectivity index (χ0v) is 18.9. The molecule has 33 heavy (non-hydrogen) atoms. The zero-order valence-electron chi connectivity index (χ0n) is 16.4. The first-order valence-electron chi connectivity index (χ1n) is 9.50. The van der Waals surface area contributed by atoms with Crippen molar-refractivity contribution in [3.8, 4) is 11.3 Å². The van der Waals surface area contributed by atoms with E-state index >= 15 is 0 Å². The Labute approximate surface area is 197 Å². The maximum absolute atomic E-state index is 14.2. The molecule has 1 fully saturated rings. The third-order valence-corrected chi connectivity index (χ3v) is 6.76. The molecule has 1 saturated heterocycles. The van der Waals surface area contributed by atoms with Crippen LogP contribution in [0.3, 0.4) is 0 Å². The number of halogens is 5. The van der Waals surface area contributed by atoms with Gasteiger partial charge in [0.25, 0.3) is 0 Å². The largest absolute Gasteiger partial charge is 0.394 e. The molecule has 5 atom stereocenters. The maximum Gasteiger partial charge on any atom is 0.194 e. The number of ether oxygens (including phenoxy) is 1. The van der Waals surface area contributed by atoms with Crippen LogP contribution >= 0.6 is 27.7 Å². The van der Waals surface area contributed by atoms with E-state index in [-0.39, 0.29) is 16.2 Å². The Balaban J connectivity index is 1.65. The summed E-state index contributed by atoms with van der Waals surface area (Å²) in [6.07, 6.45) is -2.86. The van der Waals surface area contributed by atoms with Crippen LogP contribution in [0.25, 0.3) is 11.3 Å². The number of rotatable bonds is 5. The van der Waals surface area contributed by atoms with Gasteiger partial charge in [0.1, 0.15) is 41.3 Å². The van der Waals surface area contributed by atoms with Crippen LogP contribution in [0.5, 0.6) is 0 Å². The summed E-state index contributed by atoms with van der Waals surface area (Å²) < 4.78 is 61.9. The number of hydrogen-bond acceptors (Lipinski definition) is 7. The second-order valence-electron chi connectivity index (χ2n) is 7.23. The van der Waals surface area contributed by atoms with Crippen molar-refractivity contribution in [3.63, 3.8) is 0 Å². The molecule has 0 bridgehead atoms. The second-order valence-corrected chi connectivity index (χ2v) is 9.28. The van der Waals surface area contributed by atoms with Crippen LogP contribution in [0.2, 0.25) is 0 Å². The third kappa shape index (κ3) is 4.79. The number of nitrogens with zero attached hydrogens (tertiary/aromatic N) is 3. The molecular weight excluding hydrogens is 534 g/mol. The number of benzene rings is 2. The fraction of sp³-hybridized carbons (Fsp3) is 0.300. The van der Waals surface area contributed by atoms with Gasteiger partial charge in [-0.1, -0.05) is 32.9 Å². The fourth-order valence-corrected chi connectivity index (χ4v) is 5.07. The van der Waals surface area contributed by atoms with Gasteiger partial charge in [-0.3, -0.25) is 0 Å². The Hall–Kier alpha value is -2.03. The van der Waals surface area contributed by atoms with E-state index in [0.717, 1.165) is 28.6 Å². The van der Waals surface area contributed by atoms with Crippen molar-refractivity contribution >= 4 is 27.7 Å². The van der Waals surface area contributed by atoms with E-state index in [1.807, 2.05) is 0 Å². The van der Waals surface area contributed by atoms with Gasteiger partial charge < -0.3 is 20.1 Å². The van der Waals surface area contributed by atoms with E-state index in [1.54, 1.807) is 0 Å². The summed E-state index contributed by atoms with van der Waals surface area (Å²) in [6.45, 7) is -0.613. The lowest BCUT2D eigenvalue weighted by molar-refractivity contribution is -0.178. The van der Waals surface area contributed by atoms with E-state index in [2.05, 4.69) is 26.2 Å². The smallest absolute Gasteiger partial charge is 0.194 e. The van der Waals surface area contributed by atoms with Crippen LogP contribution in [0, 0.1) is 23.3 Å². The Morgan fingerprint density at radius 3 is 2.39 bits per heavy atom. The van der Waals surface area contributed by atoms with Crippen LogP contribution in [-0.2, 0) is 4.74 Å². The molecule has 0 amide bonds. The van der Waals surface area contributed by atoms with Crippen molar-refractivity contribution < 1.29 is 37.6 Å². The Kier molecular flexibility index (Phi) is 7.07. The molecule has 2 heterocycles. The lowest BCUT2D eigenvalue weighted by atomic mass is 9.97. The first-order chi connectivity index (χ1) is 15.7. The monoisotopic (exact) mass is 549 g/mol. The van der Waals surface area contributed by atoms with Gasteiger partial charge in [-0.25, -0.2) is 22.2 Å². The highest BCUT2D eigenvalue weighted by molar-refractivity contribution is 9.10. The zero-order chi connectivity index (χ0) is 23.9. The van der Waals surface area contributed by atoms with Gasteiger partial charge in [0, 0.05) is 14.9 Å². The van der Waals surface area contributed by atoms with Crippen LogP contribution < -0.4 is 0 Å². The molecule has 7 nitrogen and oxygen atoms in total. The summed E-state index contributed by atoms with van der Waals surface area (Å²) >= 11 is 4.08. The summed E-state index contributed by atoms with van der Waals surface area (Å²) in [5, 5.41) is 38.8. The van der Waals surface area contributed by atoms with Crippen molar-refractivity contribution in [2.75, 3.05) is 6.61 Å². The average Bonchev–Trinajstić information content (AvgIpc) is 3.26. The molecule has 1 aliphatic rings. The highest BCUT2D eigenvalue weighted by Crippen LogP contribution is 2.39. The van der Waals surface area contributed by atoms with Gasteiger partial charge in [-0.05, 0) is 30.3 Å². The van der Waals surface area contributed by atoms with Crippen LogP contribution in [-0.4, -0.2) is 60.7 Å². The van der Waals surface area contributed by atoms with Crippen LogP contribution in [0.15, 0.2) is 45.9 Å². The topological polar surface area (TPSA) is 101 Å². The molecule has 4 rings (SSSR count). The minimum atomic E-state index is -1.63. The third-order valence-electron chi connectivity index (χ3n) is 5.08. The SMILES string of the molecule is OC[C@H]1O[C@H](Sc2cc(Br)ccc2F)[C@H](O)[C@@H](n2cc(-c3cc(F)c(F)c(F)c3)nn2)[C@H]1O. The molecule has 176 valence electrons. The van der Waals surface area contributed by atoms with Gasteiger partial charge in [0.15, 0.2) is 17.5 Å². The molecule has 13 heteroatoms. The minimum absolute atomic E-state index is 0.0542. The fourth-order valence-electron chi connectivity index (χ4n) is 3.43. The normalized spacial score (nSPS) is 25.4. The highest BCUT2D eigenvalue weighted by Gasteiger charge is 2.46. The molecule has 0 radical (unpaired) electrons. The number of aromatic nitrogens is 3. The Morgan fingerprint density at radius 2 is 1.73 bits per heavy atom. The molecule has 0 aliphatic carbocycles. The van der Waals surface area contributed by atoms with E-state index in [1.165, 1.54) is 24.4 Å². The molecule has 3 N–H and O–H groups in total. The van der Waals surface area contributed by atoms with E-state index < -0.39 is 59.7 Å². The Morgan fingerprint density at radius 1 is 1.03 bits per heavy atom. The second kappa shape index (κ2) is 9.68. The van der Waals surface area contributed by atoms with Gasteiger partial charge in [-0.2, -0.15) is 0 Å². The minimum Gasteiger partial charge on any atom is -0.394 e. The predicted octanol–water partition coefficient (Wildman–Crippen LogP) is 3.04. The van der Waals surface area contributed by atoms with Crippen LogP contribution in [0.4, 0.5) is 17.6 Å². The van der Waals surface area contributed by atoms with Gasteiger partial charge in [0.2, 0.25) is 0 Å². The number of thioether (sulfide) groups is 1. The van der Waals surface area contributed by atoms with Crippen molar-refractivity contribution in [2.24, 2.45) is 0 Å². The molecule has 3 aromatic rings. The quantitative estimate of drug-likeness (QED) is 0.332. The molecule has 1 aliphatic heterocycles. The van der Waals surface area contributed by atoms with Crippen molar-refractivity contribution in [1.82, 2.24) is 15.0 Å². The summed E-state index contributed by atoms with van der Waals surface area (Å²) in [6, 6.07) is 4.46. The van der Waals surface area contributed by atoms with Crippen molar-refractivity contribution in [2.45, 2.75) is 34.7 Å². The summed E-state index contributed by atoms with van der Waals surface area (Å²) in [5.41, 5.74) is -1.29. The van der Waals surface area contributed by atoms with E-state index in [0.29, 0.717) is 4.47 Å². The van der Waals surface area contributed by atoms with Crippen molar-refractivity contribution in [3.05, 3.63) is 64.3 Å². The lowest BCUT2D eigenvalue weighted by Crippen LogP contribution is -2.55. The average molecular weight is 550 g/mol. The maximum atomic E-state index is 14.2. The number of aliphatic hydroxyl groups is 3.